The Kier molecular flexibility index (Phi) is 4.89. The SMILES string of the molecule is Cc1cc(-c2cc(Br)ccc2C)nc(CNC(C)C)n1. The molecule has 0 unspecified atom stereocenters. The Morgan fingerprint density at radius 3 is 2.60 bits per heavy atom. The van der Waals surface area contributed by atoms with Crippen molar-refractivity contribution in [2.24, 2.45) is 0 Å². The van der Waals surface area contributed by atoms with Crippen LogP contribution in [0.4, 0.5) is 0 Å². The molecule has 0 aliphatic rings. The zero-order chi connectivity index (χ0) is 14.7. The molecule has 20 heavy (non-hydrogen) atoms. The van der Waals surface area contributed by atoms with Crippen LogP contribution in [0.15, 0.2) is 28.7 Å². The average Bonchev–Trinajstić information content (AvgIpc) is 2.38. The van der Waals surface area contributed by atoms with Crippen LogP contribution in [0.3, 0.4) is 0 Å². The summed E-state index contributed by atoms with van der Waals surface area (Å²) in [6.07, 6.45) is 0. The van der Waals surface area contributed by atoms with Gasteiger partial charge in [0.25, 0.3) is 0 Å². The first-order chi connectivity index (χ1) is 9.45. The number of rotatable bonds is 4. The highest BCUT2D eigenvalue weighted by molar-refractivity contribution is 9.10. The van der Waals surface area contributed by atoms with E-state index in [0.29, 0.717) is 12.6 Å². The molecule has 0 saturated carbocycles. The van der Waals surface area contributed by atoms with Gasteiger partial charge in [0.1, 0.15) is 5.82 Å². The minimum atomic E-state index is 0.426. The lowest BCUT2D eigenvalue weighted by molar-refractivity contribution is 0.571. The van der Waals surface area contributed by atoms with Gasteiger partial charge in [-0.2, -0.15) is 0 Å². The minimum absolute atomic E-state index is 0.426. The van der Waals surface area contributed by atoms with E-state index in [-0.39, 0.29) is 0 Å². The highest BCUT2D eigenvalue weighted by atomic mass is 79.9. The van der Waals surface area contributed by atoms with Gasteiger partial charge in [0, 0.05) is 21.8 Å². The molecule has 106 valence electrons. The fraction of sp³-hybridized carbons (Fsp3) is 0.375. The lowest BCUT2D eigenvalue weighted by Crippen LogP contribution is -2.23. The van der Waals surface area contributed by atoms with Crippen molar-refractivity contribution in [3.8, 4) is 11.3 Å². The van der Waals surface area contributed by atoms with Crippen LogP contribution in [-0.4, -0.2) is 16.0 Å². The van der Waals surface area contributed by atoms with Gasteiger partial charge in [-0.25, -0.2) is 9.97 Å². The lowest BCUT2D eigenvalue weighted by Gasteiger charge is -2.11. The van der Waals surface area contributed by atoms with Crippen LogP contribution < -0.4 is 5.32 Å². The van der Waals surface area contributed by atoms with E-state index in [1.807, 2.05) is 19.1 Å². The highest BCUT2D eigenvalue weighted by Crippen LogP contribution is 2.25. The molecule has 0 spiro atoms. The molecule has 0 radical (unpaired) electrons. The van der Waals surface area contributed by atoms with Gasteiger partial charge in [0.2, 0.25) is 0 Å². The molecule has 1 N–H and O–H groups in total. The quantitative estimate of drug-likeness (QED) is 0.918. The monoisotopic (exact) mass is 333 g/mol. The molecule has 2 aromatic rings. The molecule has 1 aromatic carbocycles. The van der Waals surface area contributed by atoms with Crippen LogP contribution >= 0.6 is 15.9 Å². The summed E-state index contributed by atoms with van der Waals surface area (Å²) in [6, 6.07) is 8.72. The molecule has 4 heteroatoms. The van der Waals surface area contributed by atoms with Crippen LogP contribution in [0.1, 0.15) is 30.9 Å². The first-order valence-corrected chi connectivity index (χ1v) is 7.59. The Labute approximate surface area is 129 Å². The predicted octanol–water partition coefficient (Wildman–Crippen LogP) is 4.02. The molecule has 0 amide bonds. The van der Waals surface area contributed by atoms with Crippen molar-refractivity contribution in [2.75, 3.05) is 0 Å². The second-order valence-electron chi connectivity index (χ2n) is 5.31. The predicted molar refractivity (Wildman–Crippen MR) is 86.6 cm³/mol. The van der Waals surface area contributed by atoms with Crippen molar-refractivity contribution in [3.05, 3.63) is 45.8 Å². The molecular weight excluding hydrogens is 314 g/mol. The van der Waals surface area contributed by atoms with E-state index in [1.54, 1.807) is 0 Å². The van der Waals surface area contributed by atoms with Gasteiger partial charge in [-0.15, -0.1) is 0 Å². The van der Waals surface area contributed by atoms with Crippen LogP contribution in [0.5, 0.6) is 0 Å². The van der Waals surface area contributed by atoms with Gasteiger partial charge in [0.05, 0.1) is 12.2 Å². The standard InChI is InChI=1S/C16H20BrN3/c1-10(2)18-9-16-19-12(4)7-15(20-16)14-8-13(17)6-5-11(14)3/h5-8,10,18H,9H2,1-4H3. The van der Waals surface area contributed by atoms with Crippen molar-refractivity contribution < 1.29 is 0 Å². The summed E-state index contributed by atoms with van der Waals surface area (Å²) >= 11 is 3.52. The number of benzene rings is 1. The van der Waals surface area contributed by atoms with Gasteiger partial charge in [0.15, 0.2) is 0 Å². The number of nitrogens with zero attached hydrogens (tertiary/aromatic N) is 2. The maximum atomic E-state index is 4.68. The molecule has 0 fully saturated rings. The number of aryl methyl sites for hydroxylation is 2. The van der Waals surface area contributed by atoms with E-state index >= 15 is 0 Å². The summed E-state index contributed by atoms with van der Waals surface area (Å²) in [5, 5.41) is 3.36. The number of hydrogen-bond acceptors (Lipinski definition) is 3. The van der Waals surface area contributed by atoms with E-state index < -0.39 is 0 Å². The van der Waals surface area contributed by atoms with Gasteiger partial charge in [-0.1, -0.05) is 35.8 Å². The van der Waals surface area contributed by atoms with E-state index in [0.717, 1.165) is 27.2 Å². The first-order valence-electron chi connectivity index (χ1n) is 6.80. The number of halogens is 1. The third kappa shape index (κ3) is 3.87. The van der Waals surface area contributed by atoms with Gasteiger partial charge in [-0.3, -0.25) is 0 Å². The topological polar surface area (TPSA) is 37.8 Å². The molecule has 0 aliphatic carbocycles. The number of aromatic nitrogens is 2. The maximum absolute atomic E-state index is 4.68. The Bertz CT molecular complexity index is 609. The van der Waals surface area contributed by atoms with Crippen LogP contribution in [0.25, 0.3) is 11.3 Å². The zero-order valence-electron chi connectivity index (χ0n) is 12.4. The molecule has 0 atom stereocenters. The van der Waals surface area contributed by atoms with Crippen LogP contribution in [0, 0.1) is 13.8 Å². The summed E-state index contributed by atoms with van der Waals surface area (Å²) in [4.78, 5) is 9.18. The third-order valence-corrected chi connectivity index (χ3v) is 3.54. The van der Waals surface area contributed by atoms with Crippen molar-refractivity contribution in [1.82, 2.24) is 15.3 Å². The van der Waals surface area contributed by atoms with Crippen molar-refractivity contribution in [3.63, 3.8) is 0 Å². The molecule has 1 heterocycles. The number of hydrogen-bond donors (Lipinski definition) is 1. The molecule has 3 nitrogen and oxygen atoms in total. The molecular formula is C16H20BrN3. The van der Waals surface area contributed by atoms with E-state index in [9.17, 15) is 0 Å². The van der Waals surface area contributed by atoms with Crippen molar-refractivity contribution >= 4 is 15.9 Å². The molecule has 1 aromatic heterocycles. The second kappa shape index (κ2) is 6.46. The Morgan fingerprint density at radius 2 is 1.90 bits per heavy atom. The zero-order valence-corrected chi connectivity index (χ0v) is 14.0. The minimum Gasteiger partial charge on any atom is -0.308 e. The van der Waals surface area contributed by atoms with Crippen LogP contribution in [-0.2, 0) is 6.54 Å². The highest BCUT2D eigenvalue weighted by Gasteiger charge is 2.08. The van der Waals surface area contributed by atoms with Crippen LogP contribution in [0.2, 0.25) is 0 Å². The Balaban J connectivity index is 2.38. The number of nitrogens with one attached hydrogen (secondary N) is 1. The lowest BCUT2D eigenvalue weighted by atomic mass is 10.1. The third-order valence-electron chi connectivity index (χ3n) is 3.04. The normalized spacial score (nSPS) is 11.1. The maximum Gasteiger partial charge on any atom is 0.143 e. The van der Waals surface area contributed by atoms with Gasteiger partial charge >= 0.3 is 0 Å². The van der Waals surface area contributed by atoms with E-state index in [1.165, 1.54) is 5.56 Å². The molecule has 0 saturated heterocycles. The second-order valence-corrected chi connectivity index (χ2v) is 6.22. The summed E-state index contributed by atoms with van der Waals surface area (Å²) < 4.78 is 1.07. The Hall–Kier alpha value is -1.26. The van der Waals surface area contributed by atoms with Gasteiger partial charge < -0.3 is 5.32 Å². The largest absolute Gasteiger partial charge is 0.308 e. The fourth-order valence-electron chi connectivity index (χ4n) is 2.01. The van der Waals surface area contributed by atoms with E-state index in [4.69, 9.17) is 0 Å². The summed E-state index contributed by atoms with van der Waals surface area (Å²) in [5.41, 5.74) is 4.34. The summed E-state index contributed by atoms with van der Waals surface area (Å²) in [5.74, 6) is 0.841. The van der Waals surface area contributed by atoms with Gasteiger partial charge in [-0.05, 0) is 37.6 Å². The van der Waals surface area contributed by atoms with Crippen molar-refractivity contribution in [2.45, 2.75) is 40.3 Å². The first kappa shape index (κ1) is 15.1. The molecule has 0 aliphatic heterocycles. The molecule has 2 rings (SSSR count). The summed E-state index contributed by atoms with van der Waals surface area (Å²) in [6.45, 7) is 9.05. The van der Waals surface area contributed by atoms with Crippen molar-refractivity contribution in [1.29, 1.82) is 0 Å². The van der Waals surface area contributed by atoms with E-state index in [2.05, 4.69) is 64.1 Å². The fourth-order valence-corrected chi connectivity index (χ4v) is 2.37. The smallest absolute Gasteiger partial charge is 0.143 e. The average molecular weight is 334 g/mol. The molecule has 0 bridgehead atoms. The Morgan fingerprint density at radius 1 is 1.15 bits per heavy atom. The summed E-state index contributed by atoms with van der Waals surface area (Å²) in [7, 11) is 0.